The molecule has 0 radical (unpaired) electrons. The van der Waals surface area contributed by atoms with Gasteiger partial charge in [-0.3, -0.25) is 13.9 Å². The Morgan fingerprint density at radius 2 is 1.94 bits per heavy atom. The van der Waals surface area contributed by atoms with Gasteiger partial charge in [0.1, 0.15) is 13.0 Å². The summed E-state index contributed by atoms with van der Waals surface area (Å²) in [6.07, 6.45) is 2.28. The van der Waals surface area contributed by atoms with Crippen LogP contribution in [-0.4, -0.2) is 49.7 Å². The molecule has 0 unspecified atom stereocenters. The van der Waals surface area contributed by atoms with Crippen molar-refractivity contribution in [1.29, 1.82) is 0 Å². The van der Waals surface area contributed by atoms with Crippen molar-refractivity contribution in [2.24, 2.45) is 7.05 Å². The zero-order chi connectivity index (χ0) is 25.0. The SMILES string of the molecule is Cc1cc(Cn2c(=O)c3cc(S(=O)(=O)NC4(CF)CC4)ccc3n(Cc3nncn3C)c2=O)on1. The Hall–Kier alpha value is -3.65. The highest BCUT2D eigenvalue weighted by Gasteiger charge is 2.46. The molecule has 14 heteroatoms. The number of sulfonamides is 1. The van der Waals surface area contributed by atoms with Crippen molar-refractivity contribution in [3.8, 4) is 0 Å². The molecule has 3 heterocycles. The number of alkyl halides is 1. The van der Waals surface area contributed by atoms with Gasteiger partial charge in [0.2, 0.25) is 10.0 Å². The van der Waals surface area contributed by atoms with E-state index in [9.17, 15) is 22.4 Å². The maximum absolute atomic E-state index is 13.4. The van der Waals surface area contributed by atoms with Crippen LogP contribution in [0.3, 0.4) is 0 Å². The van der Waals surface area contributed by atoms with Crippen molar-refractivity contribution >= 4 is 20.9 Å². The fourth-order valence-corrected chi connectivity index (χ4v) is 5.33. The van der Waals surface area contributed by atoms with Crippen LogP contribution in [0, 0.1) is 6.92 Å². The number of hydrogen-bond donors (Lipinski definition) is 1. The molecule has 3 aromatic heterocycles. The largest absolute Gasteiger partial charge is 0.359 e. The van der Waals surface area contributed by atoms with E-state index in [-0.39, 0.29) is 34.6 Å². The van der Waals surface area contributed by atoms with E-state index in [0.717, 1.165) is 4.57 Å². The summed E-state index contributed by atoms with van der Waals surface area (Å²) < 4.78 is 50.7. The van der Waals surface area contributed by atoms with Gasteiger partial charge in [0.05, 0.1) is 40.1 Å². The van der Waals surface area contributed by atoms with Gasteiger partial charge in [-0.2, -0.15) is 0 Å². The quantitative estimate of drug-likeness (QED) is 0.365. The van der Waals surface area contributed by atoms with E-state index in [1.165, 1.54) is 29.1 Å². The van der Waals surface area contributed by atoms with Gasteiger partial charge in [-0.05, 0) is 38.0 Å². The van der Waals surface area contributed by atoms with Gasteiger partial charge in [-0.25, -0.2) is 22.3 Å². The molecule has 0 spiro atoms. The third kappa shape index (κ3) is 4.18. The summed E-state index contributed by atoms with van der Waals surface area (Å²) in [5.74, 6) is 0.737. The average Bonchev–Trinajstić information content (AvgIpc) is 3.27. The molecule has 1 fully saturated rings. The summed E-state index contributed by atoms with van der Waals surface area (Å²) >= 11 is 0. The number of aryl methyl sites for hydroxylation is 2. The second-order valence-corrected chi connectivity index (χ2v) is 10.4. The molecule has 35 heavy (non-hydrogen) atoms. The number of rotatable bonds is 8. The van der Waals surface area contributed by atoms with Crippen LogP contribution in [0.4, 0.5) is 4.39 Å². The van der Waals surface area contributed by atoms with Crippen molar-refractivity contribution in [2.45, 2.75) is 43.3 Å². The van der Waals surface area contributed by atoms with Crippen LogP contribution in [0.15, 0.2) is 49.6 Å². The molecule has 0 amide bonds. The first-order valence-electron chi connectivity index (χ1n) is 10.7. The Balaban J connectivity index is 1.69. The Kier molecular flexibility index (Phi) is 5.44. The summed E-state index contributed by atoms with van der Waals surface area (Å²) in [7, 11) is -2.39. The van der Waals surface area contributed by atoms with Crippen LogP contribution < -0.4 is 16.0 Å². The van der Waals surface area contributed by atoms with Gasteiger partial charge in [0.15, 0.2) is 11.6 Å². The molecular weight excluding hydrogens is 481 g/mol. The third-order valence-electron chi connectivity index (χ3n) is 6.06. The summed E-state index contributed by atoms with van der Waals surface area (Å²) in [4.78, 5) is 26.6. The second-order valence-electron chi connectivity index (χ2n) is 8.75. The van der Waals surface area contributed by atoms with Gasteiger partial charge < -0.3 is 9.09 Å². The number of nitrogens with zero attached hydrogens (tertiary/aromatic N) is 6. The molecule has 1 aliphatic carbocycles. The molecule has 4 aromatic rings. The predicted octanol–water partition coefficient (Wildman–Crippen LogP) is 0.465. The van der Waals surface area contributed by atoms with E-state index in [0.29, 0.717) is 24.4 Å². The van der Waals surface area contributed by atoms with E-state index in [4.69, 9.17) is 4.52 Å². The lowest BCUT2D eigenvalue weighted by Crippen LogP contribution is -2.41. The van der Waals surface area contributed by atoms with Gasteiger partial charge in [0, 0.05) is 13.1 Å². The Bertz CT molecular complexity index is 1660. The number of hydrogen-bond acceptors (Lipinski definition) is 8. The molecule has 184 valence electrons. The van der Waals surface area contributed by atoms with Crippen molar-refractivity contribution in [3.63, 3.8) is 0 Å². The molecule has 1 aliphatic rings. The highest BCUT2D eigenvalue weighted by atomic mass is 32.2. The zero-order valence-corrected chi connectivity index (χ0v) is 19.7. The smallest absolute Gasteiger partial charge is 0.332 e. The Morgan fingerprint density at radius 1 is 1.17 bits per heavy atom. The minimum Gasteiger partial charge on any atom is -0.359 e. The number of nitrogens with one attached hydrogen (secondary N) is 1. The molecule has 5 rings (SSSR count). The topological polar surface area (TPSA) is 147 Å². The first kappa shape index (κ1) is 23.1. The lowest BCUT2D eigenvalue weighted by Gasteiger charge is -2.16. The molecule has 0 aliphatic heterocycles. The molecule has 0 saturated heterocycles. The van der Waals surface area contributed by atoms with Gasteiger partial charge in [0.25, 0.3) is 5.56 Å². The first-order valence-corrected chi connectivity index (χ1v) is 12.2. The molecule has 12 nitrogen and oxygen atoms in total. The van der Waals surface area contributed by atoms with Crippen LogP contribution in [0.1, 0.15) is 30.1 Å². The summed E-state index contributed by atoms with van der Waals surface area (Å²) in [5, 5.41) is 11.6. The molecule has 1 N–H and O–H groups in total. The molecule has 1 saturated carbocycles. The standard InChI is InChI=1S/C21H22FN7O5S/c1-13-7-14(34-25-13)9-29-19(30)16-8-15(35(32,33)26-21(11-22)5-6-21)3-4-17(16)28(20(29)31)10-18-24-23-12-27(18)2/h3-4,7-8,12,26H,5-6,9-11H2,1-2H3. The molecule has 0 bridgehead atoms. The first-order chi connectivity index (χ1) is 16.6. The van der Waals surface area contributed by atoms with Gasteiger partial charge >= 0.3 is 5.69 Å². The molecule has 1 aromatic carbocycles. The van der Waals surface area contributed by atoms with Crippen molar-refractivity contribution in [2.75, 3.05) is 6.67 Å². The monoisotopic (exact) mass is 503 g/mol. The highest BCUT2D eigenvalue weighted by molar-refractivity contribution is 7.89. The van der Waals surface area contributed by atoms with Crippen molar-refractivity contribution in [1.82, 2.24) is 33.8 Å². The van der Waals surface area contributed by atoms with Crippen molar-refractivity contribution < 1.29 is 17.3 Å². The van der Waals surface area contributed by atoms with Crippen LogP contribution in [0.2, 0.25) is 0 Å². The second kappa shape index (κ2) is 8.23. The Morgan fingerprint density at radius 3 is 2.54 bits per heavy atom. The maximum Gasteiger partial charge on any atom is 0.332 e. The number of benzene rings is 1. The molecule has 0 atom stereocenters. The zero-order valence-electron chi connectivity index (χ0n) is 18.9. The summed E-state index contributed by atoms with van der Waals surface area (Å²) in [6, 6.07) is 5.47. The lowest BCUT2D eigenvalue weighted by atomic mass is 10.2. The van der Waals surface area contributed by atoms with Crippen LogP contribution in [-0.2, 0) is 30.2 Å². The minimum atomic E-state index is -4.10. The molecular formula is C21H22FN7O5S. The Labute approximate surface area is 198 Å². The van der Waals surface area contributed by atoms with E-state index >= 15 is 0 Å². The fourth-order valence-electron chi connectivity index (χ4n) is 3.86. The lowest BCUT2D eigenvalue weighted by molar-refractivity contribution is 0.368. The van der Waals surface area contributed by atoms with Crippen molar-refractivity contribution in [3.05, 3.63) is 68.7 Å². The predicted molar refractivity (Wildman–Crippen MR) is 121 cm³/mol. The van der Waals surface area contributed by atoms with Gasteiger partial charge in [-0.1, -0.05) is 5.16 Å². The van der Waals surface area contributed by atoms with E-state index < -0.39 is 33.5 Å². The summed E-state index contributed by atoms with van der Waals surface area (Å²) in [5.41, 5.74) is -1.63. The minimum absolute atomic E-state index is 0.00373. The number of aromatic nitrogens is 6. The van der Waals surface area contributed by atoms with E-state index in [1.54, 1.807) is 24.6 Å². The van der Waals surface area contributed by atoms with E-state index in [1.807, 2.05) is 0 Å². The maximum atomic E-state index is 13.4. The average molecular weight is 504 g/mol. The van der Waals surface area contributed by atoms with Crippen LogP contribution >= 0.6 is 0 Å². The van der Waals surface area contributed by atoms with Crippen LogP contribution in [0.25, 0.3) is 10.9 Å². The van der Waals surface area contributed by atoms with Crippen LogP contribution in [0.5, 0.6) is 0 Å². The third-order valence-corrected chi connectivity index (χ3v) is 7.64. The summed E-state index contributed by atoms with van der Waals surface area (Å²) in [6.45, 7) is 0.668. The fraction of sp³-hybridized carbons (Fsp3) is 0.381. The number of halogens is 1. The van der Waals surface area contributed by atoms with Gasteiger partial charge in [-0.15, -0.1) is 10.2 Å². The van der Waals surface area contributed by atoms with E-state index in [2.05, 4.69) is 20.1 Å². The normalized spacial score (nSPS) is 15.1. The number of fused-ring (bicyclic) bond motifs is 1. The highest BCUT2D eigenvalue weighted by Crippen LogP contribution is 2.37.